The fraction of sp³-hybridized carbons (Fsp3) is 0.0667. The van der Waals surface area contributed by atoms with E-state index < -0.39 is 0 Å². The van der Waals surface area contributed by atoms with Crippen LogP contribution in [0.2, 0.25) is 0 Å². The lowest BCUT2D eigenvalue weighted by Gasteiger charge is -2.04. The molecule has 20 heavy (non-hydrogen) atoms. The number of carbonyl (C=O) groups excluding carboxylic acids is 1. The Kier molecular flexibility index (Phi) is 3.16. The van der Waals surface area contributed by atoms with Crippen LogP contribution in [0.4, 0.5) is 10.1 Å². The first kappa shape index (κ1) is 12.3. The van der Waals surface area contributed by atoms with E-state index in [1.165, 1.54) is 12.1 Å². The van der Waals surface area contributed by atoms with Gasteiger partial charge in [-0.1, -0.05) is 0 Å². The highest BCUT2D eigenvalue weighted by Crippen LogP contribution is 2.20. The Bertz CT molecular complexity index is 752. The summed E-state index contributed by atoms with van der Waals surface area (Å²) in [5.41, 5.74) is 2.28. The SMILES string of the molecule is O=C(Cc1c[nH]c2ccc(F)cc12)Nc1ccncc1. The number of H-pyrrole nitrogens is 1. The minimum absolute atomic E-state index is 0.152. The summed E-state index contributed by atoms with van der Waals surface area (Å²) in [4.78, 5) is 18.9. The Morgan fingerprint density at radius 3 is 2.85 bits per heavy atom. The van der Waals surface area contributed by atoms with Crippen molar-refractivity contribution in [3.8, 4) is 0 Å². The summed E-state index contributed by atoms with van der Waals surface area (Å²) in [7, 11) is 0. The maximum absolute atomic E-state index is 13.3. The van der Waals surface area contributed by atoms with Crippen LogP contribution in [0.3, 0.4) is 0 Å². The lowest BCUT2D eigenvalue weighted by atomic mass is 10.1. The number of hydrogen-bond donors (Lipinski definition) is 2. The zero-order chi connectivity index (χ0) is 13.9. The first-order valence-corrected chi connectivity index (χ1v) is 6.18. The van der Waals surface area contributed by atoms with E-state index in [1.807, 2.05) is 0 Å². The smallest absolute Gasteiger partial charge is 0.228 e. The summed E-state index contributed by atoms with van der Waals surface area (Å²) < 4.78 is 13.3. The molecule has 0 fully saturated rings. The minimum atomic E-state index is -0.312. The fourth-order valence-electron chi connectivity index (χ4n) is 2.11. The van der Waals surface area contributed by atoms with Gasteiger partial charge in [-0.25, -0.2) is 4.39 Å². The van der Waals surface area contributed by atoms with Crippen molar-refractivity contribution in [2.75, 3.05) is 5.32 Å². The number of aromatic amines is 1. The van der Waals surface area contributed by atoms with Crippen molar-refractivity contribution in [2.24, 2.45) is 0 Å². The number of amides is 1. The maximum Gasteiger partial charge on any atom is 0.228 e. The van der Waals surface area contributed by atoms with Crippen LogP contribution in [0.15, 0.2) is 48.9 Å². The van der Waals surface area contributed by atoms with Crippen molar-refractivity contribution in [3.05, 3.63) is 60.3 Å². The van der Waals surface area contributed by atoms with Crippen LogP contribution in [0.1, 0.15) is 5.56 Å². The Labute approximate surface area is 114 Å². The molecule has 0 aliphatic carbocycles. The van der Waals surface area contributed by atoms with Gasteiger partial charge in [-0.2, -0.15) is 0 Å². The van der Waals surface area contributed by atoms with Crippen LogP contribution < -0.4 is 5.32 Å². The van der Waals surface area contributed by atoms with E-state index in [0.29, 0.717) is 5.69 Å². The Hall–Kier alpha value is -2.69. The maximum atomic E-state index is 13.3. The highest BCUT2D eigenvalue weighted by Gasteiger charge is 2.09. The quantitative estimate of drug-likeness (QED) is 0.768. The molecule has 0 bridgehead atoms. The highest BCUT2D eigenvalue weighted by atomic mass is 19.1. The Morgan fingerprint density at radius 1 is 1.25 bits per heavy atom. The van der Waals surface area contributed by atoms with Gasteiger partial charge in [0.2, 0.25) is 5.91 Å². The molecule has 0 radical (unpaired) electrons. The molecule has 100 valence electrons. The topological polar surface area (TPSA) is 57.8 Å². The zero-order valence-electron chi connectivity index (χ0n) is 10.6. The zero-order valence-corrected chi connectivity index (χ0v) is 10.6. The number of carbonyl (C=O) groups is 1. The van der Waals surface area contributed by atoms with Crippen LogP contribution in [0.5, 0.6) is 0 Å². The molecule has 2 aromatic heterocycles. The average molecular weight is 269 g/mol. The van der Waals surface area contributed by atoms with E-state index in [1.54, 1.807) is 36.8 Å². The Morgan fingerprint density at radius 2 is 2.05 bits per heavy atom. The second-order valence-electron chi connectivity index (χ2n) is 4.46. The number of pyridine rings is 1. The molecule has 0 aliphatic heterocycles. The van der Waals surface area contributed by atoms with E-state index in [-0.39, 0.29) is 18.1 Å². The van der Waals surface area contributed by atoms with Gasteiger partial charge >= 0.3 is 0 Å². The monoisotopic (exact) mass is 269 g/mol. The molecule has 2 N–H and O–H groups in total. The lowest BCUT2D eigenvalue weighted by Crippen LogP contribution is -2.14. The molecule has 1 aromatic carbocycles. The summed E-state index contributed by atoms with van der Waals surface area (Å²) in [6, 6.07) is 7.91. The largest absolute Gasteiger partial charge is 0.361 e. The van der Waals surface area contributed by atoms with E-state index in [2.05, 4.69) is 15.3 Å². The van der Waals surface area contributed by atoms with Gasteiger partial charge in [0.1, 0.15) is 5.82 Å². The number of halogens is 1. The molecule has 0 atom stereocenters. The molecule has 3 rings (SSSR count). The van der Waals surface area contributed by atoms with Gasteiger partial charge in [0.15, 0.2) is 0 Å². The number of fused-ring (bicyclic) bond motifs is 1. The Balaban J connectivity index is 1.79. The van der Waals surface area contributed by atoms with Gasteiger partial charge in [0.25, 0.3) is 0 Å². The first-order chi connectivity index (χ1) is 9.72. The molecular weight excluding hydrogens is 257 g/mol. The molecule has 2 heterocycles. The molecule has 5 heteroatoms. The summed E-state index contributed by atoms with van der Waals surface area (Å²) >= 11 is 0. The fourth-order valence-corrected chi connectivity index (χ4v) is 2.11. The predicted molar refractivity (Wildman–Crippen MR) is 74.8 cm³/mol. The van der Waals surface area contributed by atoms with Crippen molar-refractivity contribution < 1.29 is 9.18 Å². The van der Waals surface area contributed by atoms with Gasteiger partial charge in [0, 0.05) is 35.2 Å². The summed E-state index contributed by atoms with van der Waals surface area (Å²) in [6.07, 6.45) is 5.13. The number of aromatic nitrogens is 2. The standard InChI is InChI=1S/C15H12FN3O/c16-11-1-2-14-13(8-11)10(9-18-14)7-15(20)19-12-3-5-17-6-4-12/h1-6,8-9,18H,7H2,(H,17,19,20). The van der Waals surface area contributed by atoms with Crippen molar-refractivity contribution in [3.63, 3.8) is 0 Å². The van der Waals surface area contributed by atoms with E-state index in [0.717, 1.165) is 16.5 Å². The van der Waals surface area contributed by atoms with Crippen LogP contribution in [-0.2, 0) is 11.2 Å². The van der Waals surface area contributed by atoms with E-state index in [9.17, 15) is 9.18 Å². The van der Waals surface area contributed by atoms with Crippen molar-refractivity contribution in [1.82, 2.24) is 9.97 Å². The van der Waals surface area contributed by atoms with Crippen molar-refractivity contribution in [1.29, 1.82) is 0 Å². The second kappa shape index (κ2) is 5.13. The number of hydrogen-bond acceptors (Lipinski definition) is 2. The third kappa shape index (κ3) is 2.51. The van der Waals surface area contributed by atoms with Crippen molar-refractivity contribution in [2.45, 2.75) is 6.42 Å². The van der Waals surface area contributed by atoms with E-state index >= 15 is 0 Å². The molecule has 0 saturated carbocycles. The van der Waals surface area contributed by atoms with Gasteiger partial charge < -0.3 is 10.3 Å². The molecule has 3 aromatic rings. The number of anilines is 1. The van der Waals surface area contributed by atoms with Gasteiger partial charge in [0.05, 0.1) is 6.42 Å². The van der Waals surface area contributed by atoms with Gasteiger partial charge in [-0.15, -0.1) is 0 Å². The number of rotatable bonds is 3. The molecule has 0 aliphatic rings. The van der Waals surface area contributed by atoms with Crippen LogP contribution in [-0.4, -0.2) is 15.9 Å². The van der Waals surface area contributed by atoms with Crippen molar-refractivity contribution >= 4 is 22.5 Å². The minimum Gasteiger partial charge on any atom is -0.361 e. The van der Waals surface area contributed by atoms with Crippen LogP contribution in [0, 0.1) is 5.82 Å². The highest BCUT2D eigenvalue weighted by molar-refractivity contribution is 5.95. The van der Waals surface area contributed by atoms with Gasteiger partial charge in [-0.05, 0) is 35.9 Å². The summed E-state index contributed by atoms with van der Waals surface area (Å²) in [5.74, 6) is -0.464. The predicted octanol–water partition coefficient (Wildman–Crippen LogP) is 2.88. The van der Waals surface area contributed by atoms with Gasteiger partial charge in [-0.3, -0.25) is 9.78 Å². The molecular formula is C15H12FN3O. The third-order valence-electron chi connectivity index (χ3n) is 3.04. The summed E-state index contributed by atoms with van der Waals surface area (Å²) in [6.45, 7) is 0. The normalized spacial score (nSPS) is 10.7. The number of nitrogens with zero attached hydrogens (tertiary/aromatic N) is 1. The molecule has 1 amide bonds. The first-order valence-electron chi connectivity index (χ1n) is 6.18. The summed E-state index contributed by atoms with van der Waals surface area (Å²) in [5, 5.41) is 3.50. The van der Waals surface area contributed by atoms with Crippen LogP contribution in [0.25, 0.3) is 10.9 Å². The number of benzene rings is 1. The third-order valence-corrected chi connectivity index (χ3v) is 3.04. The molecule has 0 saturated heterocycles. The average Bonchev–Trinajstić information content (AvgIpc) is 2.82. The van der Waals surface area contributed by atoms with E-state index in [4.69, 9.17) is 0 Å². The lowest BCUT2D eigenvalue weighted by molar-refractivity contribution is -0.115. The van der Waals surface area contributed by atoms with Crippen LogP contribution >= 0.6 is 0 Å². The molecule has 0 unspecified atom stereocenters. The number of nitrogens with one attached hydrogen (secondary N) is 2. The molecule has 4 nitrogen and oxygen atoms in total. The molecule has 0 spiro atoms. The second-order valence-corrected chi connectivity index (χ2v) is 4.46.